The molecule has 0 atom stereocenters. The molecule has 24 heavy (non-hydrogen) atoms. The molecule has 0 unspecified atom stereocenters. The molecule has 0 aromatic carbocycles. The van der Waals surface area contributed by atoms with Crippen molar-refractivity contribution in [2.45, 2.75) is 64.2 Å². The topological polar surface area (TPSA) is 48.1 Å². The zero-order valence-corrected chi connectivity index (χ0v) is 15.9. The van der Waals surface area contributed by atoms with Crippen molar-refractivity contribution in [3.05, 3.63) is 0 Å². The average Bonchev–Trinajstić information content (AvgIpc) is 3.48. The van der Waals surface area contributed by atoms with Gasteiger partial charge in [-0.15, -0.1) is 0 Å². The minimum Gasteiger partial charge on any atom is -0.317 e. The van der Waals surface area contributed by atoms with Gasteiger partial charge in [0.1, 0.15) is 0 Å². The van der Waals surface area contributed by atoms with Gasteiger partial charge < -0.3 is 21.3 Å². The average molecular weight is 339 g/mol. The molecule has 0 aromatic heterocycles. The van der Waals surface area contributed by atoms with E-state index in [2.05, 4.69) is 21.3 Å². The van der Waals surface area contributed by atoms with Gasteiger partial charge in [-0.1, -0.05) is 0 Å². The van der Waals surface area contributed by atoms with Crippen LogP contribution in [-0.2, 0) is 0 Å². The molecule has 2 aliphatic rings. The van der Waals surface area contributed by atoms with Gasteiger partial charge in [0, 0.05) is 0 Å². The SMILES string of the molecule is C(CCNCCCCNCC1CC1)CNCCCCNCC1CC1. The molecule has 2 fully saturated rings. The first-order chi connectivity index (χ1) is 11.9. The van der Waals surface area contributed by atoms with Crippen LogP contribution in [-0.4, -0.2) is 52.4 Å². The Kier molecular flexibility index (Phi) is 11.8. The van der Waals surface area contributed by atoms with Crippen LogP contribution in [0.4, 0.5) is 0 Å². The van der Waals surface area contributed by atoms with Crippen molar-refractivity contribution in [3.8, 4) is 0 Å². The summed E-state index contributed by atoms with van der Waals surface area (Å²) in [7, 11) is 0. The molecule has 2 saturated carbocycles. The summed E-state index contributed by atoms with van der Waals surface area (Å²) in [6.45, 7) is 9.68. The zero-order chi connectivity index (χ0) is 16.7. The third kappa shape index (κ3) is 13.2. The van der Waals surface area contributed by atoms with E-state index < -0.39 is 0 Å². The van der Waals surface area contributed by atoms with Crippen molar-refractivity contribution in [2.24, 2.45) is 11.8 Å². The maximum Gasteiger partial charge on any atom is -0.00205 e. The Balaban J connectivity index is 1.15. The zero-order valence-electron chi connectivity index (χ0n) is 15.9. The molecule has 2 aliphatic carbocycles. The molecular formula is C20H42N4. The molecule has 0 aromatic rings. The second-order valence-electron chi connectivity index (χ2n) is 7.92. The first kappa shape index (κ1) is 20.2. The lowest BCUT2D eigenvalue weighted by Crippen LogP contribution is -2.23. The van der Waals surface area contributed by atoms with Crippen molar-refractivity contribution in [2.75, 3.05) is 52.4 Å². The minimum atomic E-state index is 1.01. The number of hydrogen-bond acceptors (Lipinski definition) is 4. The highest BCUT2D eigenvalue weighted by molar-refractivity contribution is 4.75. The van der Waals surface area contributed by atoms with Crippen molar-refractivity contribution >= 4 is 0 Å². The molecule has 0 bridgehead atoms. The maximum atomic E-state index is 3.57. The van der Waals surface area contributed by atoms with Crippen LogP contribution in [0, 0.1) is 11.8 Å². The maximum absolute atomic E-state index is 3.57. The van der Waals surface area contributed by atoms with Gasteiger partial charge in [-0.3, -0.25) is 0 Å². The second kappa shape index (κ2) is 14.1. The number of hydrogen-bond donors (Lipinski definition) is 4. The fraction of sp³-hybridized carbons (Fsp3) is 1.00. The minimum absolute atomic E-state index is 1.01. The van der Waals surface area contributed by atoms with E-state index in [1.165, 1.54) is 117 Å². The summed E-state index contributed by atoms with van der Waals surface area (Å²) in [5.41, 5.74) is 0. The molecule has 0 radical (unpaired) electrons. The molecular weight excluding hydrogens is 296 g/mol. The third-order valence-corrected chi connectivity index (χ3v) is 5.13. The van der Waals surface area contributed by atoms with Gasteiger partial charge in [0.25, 0.3) is 0 Å². The summed E-state index contributed by atoms with van der Waals surface area (Å²) >= 11 is 0. The van der Waals surface area contributed by atoms with E-state index in [0.29, 0.717) is 0 Å². The molecule has 0 amide bonds. The molecule has 0 saturated heterocycles. The molecule has 0 heterocycles. The summed E-state index contributed by atoms with van der Waals surface area (Å²) in [6, 6.07) is 0. The predicted molar refractivity (Wildman–Crippen MR) is 105 cm³/mol. The molecule has 2 rings (SSSR count). The van der Waals surface area contributed by atoms with Crippen molar-refractivity contribution < 1.29 is 0 Å². The smallest absolute Gasteiger partial charge is 0.00205 e. The highest BCUT2D eigenvalue weighted by atomic mass is 14.9. The summed E-state index contributed by atoms with van der Waals surface area (Å²) < 4.78 is 0. The van der Waals surface area contributed by atoms with Crippen molar-refractivity contribution in [3.63, 3.8) is 0 Å². The van der Waals surface area contributed by atoms with E-state index in [9.17, 15) is 0 Å². The number of nitrogens with one attached hydrogen (secondary N) is 4. The molecule has 4 nitrogen and oxygen atoms in total. The highest BCUT2D eigenvalue weighted by Gasteiger charge is 2.20. The van der Waals surface area contributed by atoms with Gasteiger partial charge in [0.2, 0.25) is 0 Å². The van der Waals surface area contributed by atoms with Crippen LogP contribution in [0.1, 0.15) is 64.2 Å². The van der Waals surface area contributed by atoms with E-state index in [-0.39, 0.29) is 0 Å². The van der Waals surface area contributed by atoms with Gasteiger partial charge in [0.15, 0.2) is 0 Å². The van der Waals surface area contributed by atoms with Gasteiger partial charge >= 0.3 is 0 Å². The first-order valence-electron chi connectivity index (χ1n) is 10.8. The molecule has 4 heteroatoms. The van der Waals surface area contributed by atoms with Crippen LogP contribution in [0.15, 0.2) is 0 Å². The van der Waals surface area contributed by atoms with Crippen LogP contribution in [0.3, 0.4) is 0 Å². The van der Waals surface area contributed by atoms with Crippen molar-refractivity contribution in [1.82, 2.24) is 21.3 Å². The van der Waals surface area contributed by atoms with Gasteiger partial charge in [0.05, 0.1) is 0 Å². The largest absolute Gasteiger partial charge is 0.317 e. The first-order valence-corrected chi connectivity index (χ1v) is 10.8. The van der Waals surface area contributed by atoms with E-state index >= 15 is 0 Å². The summed E-state index contributed by atoms with van der Waals surface area (Å²) in [5, 5.41) is 14.3. The second-order valence-corrected chi connectivity index (χ2v) is 7.92. The Morgan fingerprint density at radius 1 is 0.417 bits per heavy atom. The molecule has 0 aliphatic heterocycles. The monoisotopic (exact) mass is 338 g/mol. The van der Waals surface area contributed by atoms with E-state index in [0.717, 1.165) is 11.8 Å². The Bertz CT molecular complexity index is 249. The molecule has 4 N–H and O–H groups in total. The van der Waals surface area contributed by atoms with Crippen LogP contribution >= 0.6 is 0 Å². The fourth-order valence-corrected chi connectivity index (χ4v) is 3.01. The van der Waals surface area contributed by atoms with Gasteiger partial charge in [-0.25, -0.2) is 0 Å². The quantitative estimate of drug-likeness (QED) is 0.273. The van der Waals surface area contributed by atoms with Crippen LogP contribution in [0.2, 0.25) is 0 Å². The van der Waals surface area contributed by atoms with Crippen LogP contribution in [0.5, 0.6) is 0 Å². The summed E-state index contributed by atoms with van der Waals surface area (Å²) in [6.07, 6.45) is 13.7. The Labute approximate surface area is 150 Å². The van der Waals surface area contributed by atoms with E-state index in [4.69, 9.17) is 0 Å². The lowest BCUT2D eigenvalue weighted by Gasteiger charge is -2.07. The normalized spacial score (nSPS) is 17.5. The Hall–Kier alpha value is -0.160. The Morgan fingerprint density at radius 2 is 0.708 bits per heavy atom. The van der Waals surface area contributed by atoms with Crippen LogP contribution < -0.4 is 21.3 Å². The summed E-state index contributed by atoms with van der Waals surface area (Å²) in [5.74, 6) is 2.03. The van der Waals surface area contributed by atoms with Crippen LogP contribution in [0.25, 0.3) is 0 Å². The fourth-order valence-electron chi connectivity index (χ4n) is 3.01. The summed E-state index contributed by atoms with van der Waals surface area (Å²) in [4.78, 5) is 0. The predicted octanol–water partition coefficient (Wildman–Crippen LogP) is 2.51. The van der Waals surface area contributed by atoms with Gasteiger partial charge in [-0.2, -0.15) is 0 Å². The number of unbranched alkanes of at least 4 members (excludes halogenated alkanes) is 3. The molecule has 0 spiro atoms. The van der Waals surface area contributed by atoms with E-state index in [1.807, 2.05) is 0 Å². The number of rotatable bonds is 19. The standard InChI is InChI=1S/C20H42N4/c1(11-21-13-3-5-15-23-17-19-7-8-19)2-12-22-14-4-6-16-24-18-20-9-10-20/h19-24H,1-18H2. The third-order valence-electron chi connectivity index (χ3n) is 5.13. The lowest BCUT2D eigenvalue weighted by atomic mass is 10.2. The molecule has 142 valence electrons. The lowest BCUT2D eigenvalue weighted by molar-refractivity contribution is 0.537. The Morgan fingerprint density at radius 3 is 1.00 bits per heavy atom. The van der Waals surface area contributed by atoms with Gasteiger partial charge in [-0.05, 0) is 128 Å². The van der Waals surface area contributed by atoms with E-state index in [1.54, 1.807) is 0 Å². The highest BCUT2D eigenvalue weighted by Crippen LogP contribution is 2.27. The van der Waals surface area contributed by atoms with Crippen molar-refractivity contribution in [1.29, 1.82) is 0 Å².